The third-order valence-corrected chi connectivity index (χ3v) is 3.45. The Balaban J connectivity index is 2.28. The Morgan fingerprint density at radius 2 is 2.18 bits per heavy atom. The van der Waals surface area contributed by atoms with E-state index in [0.717, 1.165) is 19.4 Å². The molecule has 0 amide bonds. The van der Waals surface area contributed by atoms with E-state index < -0.39 is 5.54 Å². The fourth-order valence-electron chi connectivity index (χ4n) is 2.44. The second kappa shape index (κ2) is 4.38. The molecule has 0 aliphatic carbocycles. The maximum Gasteiger partial charge on any atom is 0.121 e. The van der Waals surface area contributed by atoms with Crippen LogP contribution in [0.2, 0.25) is 0 Å². The number of hydrogen-bond donors (Lipinski definition) is 1. The quantitative estimate of drug-likeness (QED) is 0.802. The number of rotatable bonds is 1. The second-order valence-electron chi connectivity index (χ2n) is 5.08. The first-order valence-electron chi connectivity index (χ1n) is 6.06. The highest BCUT2D eigenvalue weighted by Gasteiger charge is 2.32. The summed E-state index contributed by atoms with van der Waals surface area (Å²) in [7, 11) is 0. The van der Waals surface area contributed by atoms with Crippen molar-refractivity contribution in [3.05, 3.63) is 29.3 Å². The van der Waals surface area contributed by atoms with Gasteiger partial charge in [0, 0.05) is 18.8 Å². The van der Waals surface area contributed by atoms with Crippen LogP contribution in [0.3, 0.4) is 0 Å². The number of anilines is 1. The van der Waals surface area contributed by atoms with Gasteiger partial charge in [0.15, 0.2) is 0 Å². The van der Waals surface area contributed by atoms with Crippen LogP contribution in [0, 0.1) is 25.2 Å². The van der Waals surface area contributed by atoms with Gasteiger partial charge in [-0.25, -0.2) is 0 Å². The molecule has 90 valence electrons. The van der Waals surface area contributed by atoms with Gasteiger partial charge in [-0.1, -0.05) is 12.1 Å². The van der Waals surface area contributed by atoms with Crippen LogP contribution in [0.25, 0.3) is 0 Å². The minimum atomic E-state index is -0.686. The lowest BCUT2D eigenvalue weighted by molar-refractivity contribution is 0.424. The van der Waals surface area contributed by atoms with Gasteiger partial charge in [0.05, 0.1) is 6.07 Å². The highest BCUT2D eigenvalue weighted by Crippen LogP contribution is 2.27. The molecule has 17 heavy (non-hydrogen) atoms. The fourth-order valence-corrected chi connectivity index (χ4v) is 2.44. The van der Waals surface area contributed by atoms with Crippen molar-refractivity contribution >= 4 is 5.69 Å². The molecule has 1 aliphatic rings. The average Bonchev–Trinajstić information content (AvgIpc) is 2.32. The molecule has 1 aliphatic heterocycles. The van der Waals surface area contributed by atoms with Crippen molar-refractivity contribution in [2.45, 2.75) is 32.2 Å². The summed E-state index contributed by atoms with van der Waals surface area (Å²) in [6, 6.07) is 8.67. The van der Waals surface area contributed by atoms with E-state index in [9.17, 15) is 0 Å². The van der Waals surface area contributed by atoms with E-state index in [-0.39, 0.29) is 0 Å². The van der Waals surface area contributed by atoms with Gasteiger partial charge in [-0.15, -0.1) is 0 Å². The first-order chi connectivity index (χ1) is 8.04. The Labute approximate surface area is 103 Å². The summed E-state index contributed by atoms with van der Waals surface area (Å²) in [6.07, 6.45) is 1.78. The SMILES string of the molecule is Cc1ccc(C)c(N2CCCC(N)(C#N)C2)c1. The lowest BCUT2D eigenvalue weighted by Gasteiger charge is -2.38. The normalized spacial score (nSPS) is 24.5. The lowest BCUT2D eigenvalue weighted by atomic mass is 9.91. The zero-order chi connectivity index (χ0) is 12.5. The predicted molar refractivity (Wildman–Crippen MR) is 69.9 cm³/mol. The average molecular weight is 229 g/mol. The number of aryl methyl sites for hydroxylation is 2. The van der Waals surface area contributed by atoms with Crippen LogP contribution in [-0.4, -0.2) is 18.6 Å². The summed E-state index contributed by atoms with van der Waals surface area (Å²) < 4.78 is 0. The number of piperidine rings is 1. The number of benzene rings is 1. The van der Waals surface area contributed by atoms with Crippen LogP contribution >= 0.6 is 0 Å². The van der Waals surface area contributed by atoms with Crippen molar-refractivity contribution in [2.75, 3.05) is 18.0 Å². The van der Waals surface area contributed by atoms with Crippen LogP contribution in [0.1, 0.15) is 24.0 Å². The van der Waals surface area contributed by atoms with Crippen LogP contribution in [0.5, 0.6) is 0 Å². The molecule has 0 saturated carbocycles. The molecule has 2 N–H and O–H groups in total. The maximum absolute atomic E-state index is 9.14. The van der Waals surface area contributed by atoms with Crippen molar-refractivity contribution in [1.29, 1.82) is 5.26 Å². The first-order valence-corrected chi connectivity index (χ1v) is 6.06. The standard InChI is InChI=1S/C14H19N3/c1-11-4-5-12(2)13(8-11)17-7-3-6-14(16,9-15)10-17/h4-5,8H,3,6-7,10,16H2,1-2H3. The number of nitriles is 1. The van der Waals surface area contributed by atoms with Gasteiger partial charge >= 0.3 is 0 Å². The van der Waals surface area contributed by atoms with Crippen molar-refractivity contribution in [1.82, 2.24) is 0 Å². The Bertz CT molecular complexity index is 461. The highest BCUT2D eigenvalue weighted by atomic mass is 15.2. The Hall–Kier alpha value is -1.53. The summed E-state index contributed by atoms with van der Waals surface area (Å²) >= 11 is 0. The van der Waals surface area contributed by atoms with Gasteiger partial charge in [0.1, 0.15) is 5.54 Å². The van der Waals surface area contributed by atoms with E-state index in [1.165, 1.54) is 16.8 Å². The molecule has 0 bridgehead atoms. The zero-order valence-electron chi connectivity index (χ0n) is 10.5. The van der Waals surface area contributed by atoms with Crippen LogP contribution < -0.4 is 10.6 Å². The van der Waals surface area contributed by atoms with E-state index in [2.05, 4.69) is 43.0 Å². The largest absolute Gasteiger partial charge is 0.368 e. The molecule has 0 spiro atoms. The van der Waals surface area contributed by atoms with Crippen molar-refractivity contribution in [3.8, 4) is 6.07 Å². The molecule has 0 aromatic heterocycles. The van der Waals surface area contributed by atoms with Gasteiger partial charge in [0.25, 0.3) is 0 Å². The smallest absolute Gasteiger partial charge is 0.121 e. The summed E-state index contributed by atoms with van der Waals surface area (Å²) in [5.41, 5.74) is 9.10. The summed E-state index contributed by atoms with van der Waals surface area (Å²) in [6.45, 7) is 5.82. The fraction of sp³-hybridized carbons (Fsp3) is 0.500. The number of nitrogens with zero attached hydrogens (tertiary/aromatic N) is 2. The maximum atomic E-state index is 9.14. The molecule has 1 atom stereocenters. The van der Waals surface area contributed by atoms with E-state index in [0.29, 0.717) is 6.54 Å². The zero-order valence-corrected chi connectivity index (χ0v) is 10.5. The van der Waals surface area contributed by atoms with E-state index in [4.69, 9.17) is 11.0 Å². The van der Waals surface area contributed by atoms with E-state index in [1.807, 2.05) is 0 Å². The Kier molecular flexibility index (Phi) is 3.08. The van der Waals surface area contributed by atoms with Gasteiger partial charge in [0.2, 0.25) is 0 Å². The molecule has 2 rings (SSSR count). The number of hydrogen-bond acceptors (Lipinski definition) is 3. The first kappa shape index (κ1) is 11.9. The van der Waals surface area contributed by atoms with Crippen molar-refractivity contribution in [2.24, 2.45) is 5.73 Å². The third-order valence-electron chi connectivity index (χ3n) is 3.45. The Morgan fingerprint density at radius 3 is 2.88 bits per heavy atom. The molecule has 1 unspecified atom stereocenters. The van der Waals surface area contributed by atoms with Gasteiger partial charge in [-0.2, -0.15) is 5.26 Å². The van der Waals surface area contributed by atoms with Crippen LogP contribution in [0.15, 0.2) is 18.2 Å². The van der Waals surface area contributed by atoms with Gasteiger partial charge in [-0.3, -0.25) is 0 Å². The second-order valence-corrected chi connectivity index (χ2v) is 5.08. The van der Waals surface area contributed by atoms with Gasteiger partial charge < -0.3 is 10.6 Å². The van der Waals surface area contributed by atoms with Gasteiger partial charge in [-0.05, 0) is 43.9 Å². The molecule has 1 heterocycles. The molecule has 1 aromatic rings. The van der Waals surface area contributed by atoms with E-state index >= 15 is 0 Å². The molecule has 3 heteroatoms. The molecular weight excluding hydrogens is 210 g/mol. The molecule has 1 aromatic carbocycles. The predicted octanol–water partition coefficient (Wildman–Crippen LogP) is 2.12. The molecule has 3 nitrogen and oxygen atoms in total. The lowest BCUT2D eigenvalue weighted by Crippen LogP contribution is -2.53. The number of nitrogens with two attached hydrogens (primary N) is 1. The van der Waals surface area contributed by atoms with E-state index in [1.54, 1.807) is 0 Å². The van der Waals surface area contributed by atoms with Crippen molar-refractivity contribution < 1.29 is 0 Å². The van der Waals surface area contributed by atoms with Crippen LogP contribution in [0.4, 0.5) is 5.69 Å². The topological polar surface area (TPSA) is 53.0 Å². The third kappa shape index (κ3) is 2.42. The van der Waals surface area contributed by atoms with Crippen molar-refractivity contribution in [3.63, 3.8) is 0 Å². The molecule has 1 saturated heterocycles. The minimum absolute atomic E-state index is 0.633. The van der Waals surface area contributed by atoms with Crippen LogP contribution in [-0.2, 0) is 0 Å². The minimum Gasteiger partial charge on any atom is -0.368 e. The monoisotopic (exact) mass is 229 g/mol. The summed E-state index contributed by atoms with van der Waals surface area (Å²) in [5, 5.41) is 9.14. The highest BCUT2D eigenvalue weighted by molar-refractivity contribution is 5.56. The summed E-state index contributed by atoms with van der Waals surface area (Å²) in [4.78, 5) is 2.25. The summed E-state index contributed by atoms with van der Waals surface area (Å²) in [5.74, 6) is 0. The molecule has 0 radical (unpaired) electrons. The molecule has 1 fully saturated rings. The molecular formula is C14H19N3. The Morgan fingerprint density at radius 1 is 1.41 bits per heavy atom.